The van der Waals surface area contributed by atoms with Crippen LogP contribution in [0.1, 0.15) is 5.56 Å². The summed E-state index contributed by atoms with van der Waals surface area (Å²) < 4.78 is 5.33. The monoisotopic (exact) mass is 325 g/mol. The largest absolute Gasteiger partial charge is 0.496 e. The molecule has 2 aromatic rings. The standard InChI is InChI=1S/C15H17Cl2N3O/c1-18-14-11(16)9-12(17)15(20-14)19-8-7-10-5-3-4-6-13(10)21-2/h3-6,9H,7-8H2,1-2H3,(H2,18,19,20). The molecule has 0 bridgehead atoms. The Kier molecular flexibility index (Phi) is 5.53. The van der Waals surface area contributed by atoms with Gasteiger partial charge in [-0.2, -0.15) is 0 Å². The van der Waals surface area contributed by atoms with Crippen LogP contribution in [0.2, 0.25) is 10.0 Å². The van der Waals surface area contributed by atoms with Gasteiger partial charge < -0.3 is 15.4 Å². The van der Waals surface area contributed by atoms with Crippen molar-refractivity contribution in [1.29, 1.82) is 0 Å². The maximum absolute atomic E-state index is 6.14. The molecular formula is C15H17Cl2N3O. The zero-order valence-electron chi connectivity index (χ0n) is 11.9. The number of nitrogens with zero attached hydrogens (tertiary/aromatic N) is 1. The topological polar surface area (TPSA) is 46.2 Å². The van der Waals surface area contributed by atoms with Crippen molar-refractivity contribution in [1.82, 2.24) is 4.98 Å². The number of halogens is 2. The molecule has 1 heterocycles. The normalized spacial score (nSPS) is 10.3. The van der Waals surface area contributed by atoms with Crippen molar-refractivity contribution in [3.8, 4) is 5.75 Å². The van der Waals surface area contributed by atoms with Crippen molar-refractivity contribution in [2.24, 2.45) is 0 Å². The summed E-state index contributed by atoms with van der Waals surface area (Å²) in [6, 6.07) is 9.60. The first-order chi connectivity index (χ1) is 10.2. The lowest BCUT2D eigenvalue weighted by atomic mass is 10.1. The van der Waals surface area contributed by atoms with E-state index in [0.717, 1.165) is 17.7 Å². The average molecular weight is 326 g/mol. The molecule has 2 rings (SSSR count). The summed E-state index contributed by atoms with van der Waals surface area (Å²) in [7, 11) is 3.43. The molecule has 0 spiro atoms. The fourth-order valence-electron chi connectivity index (χ4n) is 1.99. The second-order valence-corrected chi connectivity index (χ2v) is 5.20. The number of pyridine rings is 1. The maximum atomic E-state index is 6.14. The summed E-state index contributed by atoms with van der Waals surface area (Å²) in [5, 5.41) is 7.14. The van der Waals surface area contributed by atoms with Crippen LogP contribution >= 0.6 is 23.2 Å². The molecule has 0 radical (unpaired) electrons. The van der Waals surface area contributed by atoms with Crippen molar-refractivity contribution in [2.75, 3.05) is 31.3 Å². The lowest BCUT2D eigenvalue weighted by Gasteiger charge is -2.12. The van der Waals surface area contributed by atoms with E-state index in [0.29, 0.717) is 28.2 Å². The number of aromatic nitrogens is 1. The van der Waals surface area contributed by atoms with Crippen LogP contribution in [0.3, 0.4) is 0 Å². The van der Waals surface area contributed by atoms with Crippen molar-refractivity contribution in [2.45, 2.75) is 6.42 Å². The number of hydrogen-bond acceptors (Lipinski definition) is 4. The van der Waals surface area contributed by atoms with Crippen LogP contribution in [0.15, 0.2) is 30.3 Å². The van der Waals surface area contributed by atoms with Gasteiger partial charge in [0, 0.05) is 13.6 Å². The predicted molar refractivity (Wildman–Crippen MR) is 89.0 cm³/mol. The number of para-hydroxylation sites is 1. The van der Waals surface area contributed by atoms with E-state index in [2.05, 4.69) is 15.6 Å². The molecule has 0 saturated heterocycles. The summed E-state index contributed by atoms with van der Waals surface area (Å²) in [5.74, 6) is 2.09. The Morgan fingerprint density at radius 1 is 1.14 bits per heavy atom. The van der Waals surface area contributed by atoms with Crippen molar-refractivity contribution >= 4 is 34.8 Å². The minimum atomic E-state index is 0.498. The summed E-state index contributed by atoms with van der Waals surface area (Å²) in [5.41, 5.74) is 1.13. The Bertz CT molecular complexity index is 620. The van der Waals surface area contributed by atoms with Gasteiger partial charge in [0.1, 0.15) is 17.4 Å². The molecule has 1 aromatic heterocycles. The first kappa shape index (κ1) is 15.7. The van der Waals surface area contributed by atoms with Crippen LogP contribution < -0.4 is 15.4 Å². The van der Waals surface area contributed by atoms with Crippen LogP contribution in [0.4, 0.5) is 11.6 Å². The van der Waals surface area contributed by atoms with Crippen molar-refractivity contribution in [3.05, 3.63) is 45.9 Å². The van der Waals surface area contributed by atoms with Gasteiger partial charge in [-0.25, -0.2) is 4.98 Å². The van der Waals surface area contributed by atoms with Crippen molar-refractivity contribution < 1.29 is 4.74 Å². The molecule has 6 heteroatoms. The minimum Gasteiger partial charge on any atom is -0.496 e. The lowest BCUT2D eigenvalue weighted by Crippen LogP contribution is -2.08. The fourth-order valence-corrected chi connectivity index (χ4v) is 2.51. The molecule has 0 saturated carbocycles. The van der Waals surface area contributed by atoms with E-state index in [4.69, 9.17) is 27.9 Å². The molecule has 0 atom stereocenters. The number of nitrogens with one attached hydrogen (secondary N) is 2. The van der Waals surface area contributed by atoms with Crippen LogP contribution in [0.5, 0.6) is 5.75 Å². The minimum absolute atomic E-state index is 0.498. The molecule has 1 aromatic carbocycles. The van der Waals surface area contributed by atoms with E-state index < -0.39 is 0 Å². The van der Waals surface area contributed by atoms with Gasteiger partial charge in [0.2, 0.25) is 0 Å². The van der Waals surface area contributed by atoms with Crippen LogP contribution in [0.25, 0.3) is 0 Å². The van der Waals surface area contributed by atoms with Gasteiger partial charge in [-0.15, -0.1) is 0 Å². The lowest BCUT2D eigenvalue weighted by molar-refractivity contribution is 0.410. The Morgan fingerprint density at radius 2 is 1.86 bits per heavy atom. The molecule has 0 aliphatic heterocycles. The van der Waals surface area contributed by atoms with Gasteiger partial charge in [0.25, 0.3) is 0 Å². The number of ether oxygens (including phenoxy) is 1. The molecule has 4 nitrogen and oxygen atoms in total. The summed E-state index contributed by atoms with van der Waals surface area (Å²) in [4.78, 5) is 4.35. The molecule has 112 valence electrons. The molecule has 0 fully saturated rings. The highest BCUT2D eigenvalue weighted by atomic mass is 35.5. The quantitative estimate of drug-likeness (QED) is 0.839. The highest BCUT2D eigenvalue weighted by Crippen LogP contribution is 2.29. The first-order valence-corrected chi connectivity index (χ1v) is 7.31. The van der Waals surface area contributed by atoms with Gasteiger partial charge in [-0.1, -0.05) is 41.4 Å². The van der Waals surface area contributed by atoms with E-state index in [1.54, 1.807) is 20.2 Å². The number of benzene rings is 1. The molecule has 0 aliphatic rings. The third kappa shape index (κ3) is 3.93. The predicted octanol–water partition coefficient (Wildman–Crippen LogP) is 4.09. The molecular weight excluding hydrogens is 309 g/mol. The SMILES string of the molecule is CNc1nc(NCCc2ccccc2OC)c(Cl)cc1Cl. The molecule has 0 unspecified atom stereocenters. The highest BCUT2D eigenvalue weighted by molar-refractivity contribution is 6.37. The molecule has 0 amide bonds. The second-order valence-electron chi connectivity index (χ2n) is 4.39. The van der Waals surface area contributed by atoms with Crippen LogP contribution in [-0.4, -0.2) is 25.7 Å². The number of hydrogen-bond donors (Lipinski definition) is 2. The van der Waals surface area contributed by atoms with Gasteiger partial charge in [0.15, 0.2) is 0 Å². The average Bonchev–Trinajstić information content (AvgIpc) is 2.50. The van der Waals surface area contributed by atoms with Crippen LogP contribution in [0, 0.1) is 0 Å². The number of methoxy groups -OCH3 is 1. The Labute approximate surface area is 134 Å². The van der Waals surface area contributed by atoms with Crippen LogP contribution in [-0.2, 0) is 6.42 Å². The summed E-state index contributed by atoms with van der Waals surface area (Å²) in [6.07, 6.45) is 0.805. The van der Waals surface area contributed by atoms with Gasteiger partial charge in [-0.05, 0) is 24.1 Å². The highest BCUT2D eigenvalue weighted by Gasteiger charge is 2.08. The fraction of sp³-hybridized carbons (Fsp3) is 0.267. The second kappa shape index (κ2) is 7.38. The third-order valence-electron chi connectivity index (χ3n) is 3.05. The summed E-state index contributed by atoms with van der Waals surface area (Å²) >= 11 is 12.2. The first-order valence-electron chi connectivity index (χ1n) is 6.55. The smallest absolute Gasteiger partial charge is 0.147 e. The Balaban J connectivity index is 2.03. The van der Waals surface area contributed by atoms with Gasteiger partial charge in [-0.3, -0.25) is 0 Å². The Morgan fingerprint density at radius 3 is 2.57 bits per heavy atom. The Hall–Kier alpha value is -1.65. The van der Waals surface area contributed by atoms with Gasteiger partial charge >= 0.3 is 0 Å². The molecule has 21 heavy (non-hydrogen) atoms. The van der Waals surface area contributed by atoms with E-state index >= 15 is 0 Å². The van der Waals surface area contributed by atoms with E-state index in [1.807, 2.05) is 24.3 Å². The zero-order valence-corrected chi connectivity index (χ0v) is 13.4. The number of anilines is 2. The van der Waals surface area contributed by atoms with E-state index in [1.165, 1.54) is 0 Å². The van der Waals surface area contributed by atoms with Crippen molar-refractivity contribution in [3.63, 3.8) is 0 Å². The molecule has 0 aliphatic carbocycles. The molecule has 2 N–H and O–H groups in total. The van der Waals surface area contributed by atoms with E-state index in [-0.39, 0.29) is 0 Å². The number of rotatable bonds is 6. The zero-order chi connectivity index (χ0) is 15.2. The summed E-state index contributed by atoms with van der Waals surface area (Å²) in [6.45, 7) is 0.692. The maximum Gasteiger partial charge on any atom is 0.147 e. The van der Waals surface area contributed by atoms with E-state index in [9.17, 15) is 0 Å². The third-order valence-corrected chi connectivity index (χ3v) is 3.62. The van der Waals surface area contributed by atoms with Gasteiger partial charge in [0.05, 0.1) is 17.2 Å².